The van der Waals surface area contributed by atoms with Crippen LogP contribution in [-0.2, 0) is 0 Å². The topological polar surface area (TPSA) is 101 Å². The van der Waals surface area contributed by atoms with Gasteiger partial charge in [-0.3, -0.25) is 9.78 Å². The van der Waals surface area contributed by atoms with Crippen LogP contribution < -0.4 is 0 Å². The van der Waals surface area contributed by atoms with Gasteiger partial charge in [0.1, 0.15) is 5.69 Å². The Labute approximate surface area is 120 Å². The normalized spacial score (nSPS) is 14.8. The number of likely N-dealkylation sites (tertiary alicyclic amines) is 1. The van der Waals surface area contributed by atoms with Crippen LogP contribution in [0.15, 0.2) is 24.5 Å². The van der Waals surface area contributed by atoms with E-state index in [1.165, 1.54) is 10.9 Å². The third-order valence-electron chi connectivity index (χ3n) is 3.47. The summed E-state index contributed by atoms with van der Waals surface area (Å²) >= 11 is 0. The molecule has 0 saturated carbocycles. The Morgan fingerprint density at radius 3 is 2.76 bits per heavy atom. The average molecular weight is 287 g/mol. The average Bonchev–Trinajstić information content (AvgIpc) is 2.87. The lowest BCUT2D eigenvalue weighted by molar-refractivity contribution is 0.0490. The van der Waals surface area contributed by atoms with Crippen molar-refractivity contribution in [2.45, 2.75) is 13.0 Å². The fraction of sp³-hybridized carbons (Fsp3) is 0.308. The molecule has 108 valence electrons. The number of aromatic carboxylic acids is 1. The number of carbonyl (C=O) groups excluding carboxylic acids is 1. The molecule has 1 aliphatic heterocycles. The molecule has 8 heteroatoms. The van der Waals surface area contributed by atoms with Gasteiger partial charge in [0.05, 0.1) is 12.2 Å². The molecular formula is C13H13N5O3. The van der Waals surface area contributed by atoms with Gasteiger partial charge in [-0.15, -0.1) is 5.10 Å². The van der Waals surface area contributed by atoms with Gasteiger partial charge in [-0.25, -0.2) is 9.48 Å². The van der Waals surface area contributed by atoms with E-state index >= 15 is 0 Å². The van der Waals surface area contributed by atoms with Crippen LogP contribution in [0.5, 0.6) is 0 Å². The Balaban J connectivity index is 1.66. The molecule has 1 fully saturated rings. The molecule has 0 unspecified atom stereocenters. The highest BCUT2D eigenvalue weighted by Crippen LogP contribution is 2.22. The number of nitrogens with zero attached hydrogens (tertiary/aromatic N) is 5. The van der Waals surface area contributed by atoms with Crippen LogP contribution in [0.2, 0.25) is 0 Å². The Morgan fingerprint density at radius 1 is 1.38 bits per heavy atom. The van der Waals surface area contributed by atoms with E-state index in [0.717, 1.165) is 5.56 Å². The SMILES string of the molecule is Cc1cccnc1C(=O)N1CC(n2cc(C(=O)O)nn2)C1. The van der Waals surface area contributed by atoms with Crippen molar-refractivity contribution in [2.24, 2.45) is 0 Å². The van der Waals surface area contributed by atoms with E-state index in [1.54, 1.807) is 17.2 Å². The molecule has 21 heavy (non-hydrogen) atoms. The van der Waals surface area contributed by atoms with Crippen molar-refractivity contribution < 1.29 is 14.7 Å². The summed E-state index contributed by atoms with van der Waals surface area (Å²) in [5.74, 6) is -1.24. The van der Waals surface area contributed by atoms with Crippen molar-refractivity contribution in [3.05, 3.63) is 41.5 Å². The van der Waals surface area contributed by atoms with Gasteiger partial charge >= 0.3 is 5.97 Å². The highest BCUT2D eigenvalue weighted by Gasteiger charge is 2.34. The first-order valence-electron chi connectivity index (χ1n) is 6.42. The molecule has 2 aromatic heterocycles. The summed E-state index contributed by atoms with van der Waals surface area (Å²) in [6.45, 7) is 2.78. The third-order valence-corrected chi connectivity index (χ3v) is 3.47. The predicted molar refractivity (Wildman–Crippen MR) is 70.9 cm³/mol. The summed E-state index contributed by atoms with van der Waals surface area (Å²) in [4.78, 5) is 28.8. The first kappa shape index (κ1) is 13.2. The summed E-state index contributed by atoms with van der Waals surface area (Å²) in [6, 6.07) is 3.58. The number of hydrogen-bond donors (Lipinski definition) is 1. The van der Waals surface area contributed by atoms with Gasteiger partial charge in [-0.05, 0) is 18.6 Å². The number of pyridine rings is 1. The Bertz CT molecular complexity index is 705. The minimum atomic E-state index is -1.11. The Kier molecular flexibility index (Phi) is 3.13. The number of aryl methyl sites for hydroxylation is 1. The quantitative estimate of drug-likeness (QED) is 0.875. The lowest BCUT2D eigenvalue weighted by atomic mass is 10.1. The number of rotatable bonds is 3. The molecule has 1 aliphatic rings. The number of carboxylic acids is 1. The van der Waals surface area contributed by atoms with Crippen molar-refractivity contribution in [1.29, 1.82) is 0 Å². The lowest BCUT2D eigenvalue weighted by Gasteiger charge is -2.38. The van der Waals surface area contributed by atoms with Gasteiger partial charge in [-0.1, -0.05) is 11.3 Å². The molecule has 0 bridgehead atoms. The minimum Gasteiger partial charge on any atom is -0.476 e. The van der Waals surface area contributed by atoms with E-state index in [4.69, 9.17) is 5.11 Å². The van der Waals surface area contributed by atoms with Gasteiger partial charge < -0.3 is 10.0 Å². The fourth-order valence-corrected chi connectivity index (χ4v) is 2.20. The first-order chi connectivity index (χ1) is 10.1. The van der Waals surface area contributed by atoms with Crippen molar-refractivity contribution in [3.8, 4) is 0 Å². The van der Waals surface area contributed by atoms with E-state index in [-0.39, 0.29) is 17.6 Å². The van der Waals surface area contributed by atoms with Gasteiger partial charge in [-0.2, -0.15) is 0 Å². The highest BCUT2D eigenvalue weighted by molar-refractivity contribution is 5.94. The van der Waals surface area contributed by atoms with Crippen LogP contribution in [0.4, 0.5) is 0 Å². The van der Waals surface area contributed by atoms with E-state index in [0.29, 0.717) is 18.8 Å². The standard InChI is InChI=1S/C13H13N5O3/c1-8-3-2-4-14-11(8)12(19)17-5-9(6-17)18-7-10(13(20)21)15-16-18/h2-4,7,9H,5-6H2,1H3,(H,20,21). The van der Waals surface area contributed by atoms with Crippen LogP contribution >= 0.6 is 0 Å². The highest BCUT2D eigenvalue weighted by atomic mass is 16.4. The number of hydrogen-bond acceptors (Lipinski definition) is 5. The number of amides is 1. The molecule has 0 radical (unpaired) electrons. The van der Waals surface area contributed by atoms with Gasteiger partial charge in [0.2, 0.25) is 0 Å². The summed E-state index contributed by atoms with van der Waals surface area (Å²) in [5.41, 5.74) is 1.18. The summed E-state index contributed by atoms with van der Waals surface area (Å²) in [6.07, 6.45) is 2.97. The number of aromatic nitrogens is 4. The summed E-state index contributed by atoms with van der Waals surface area (Å²) < 4.78 is 1.48. The van der Waals surface area contributed by atoms with Gasteiger partial charge in [0.25, 0.3) is 5.91 Å². The van der Waals surface area contributed by atoms with Crippen molar-refractivity contribution in [2.75, 3.05) is 13.1 Å². The molecule has 2 aromatic rings. The maximum Gasteiger partial charge on any atom is 0.358 e. The zero-order valence-corrected chi connectivity index (χ0v) is 11.3. The molecule has 0 aromatic carbocycles. The van der Waals surface area contributed by atoms with Gasteiger partial charge in [0, 0.05) is 19.3 Å². The second kappa shape index (κ2) is 4.97. The monoisotopic (exact) mass is 287 g/mol. The zero-order valence-electron chi connectivity index (χ0n) is 11.3. The summed E-state index contributed by atoms with van der Waals surface area (Å²) in [7, 11) is 0. The first-order valence-corrected chi connectivity index (χ1v) is 6.42. The Hall–Kier alpha value is -2.77. The molecule has 8 nitrogen and oxygen atoms in total. The zero-order chi connectivity index (χ0) is 15.0. The molecule has 0 aliphatic carbocycles. The fourth-order valence-electron chi connectivity index (χ4n) is 2.20. The van der Waals surface area contributed by atoms with Crippen LogP contribution in [-0.4, -0.2) is 55.0 Å². The third kappa shape index (κ3) is 2.35. The van der Waals surface area contributed by atoms with E-state index in [9.17, 15) is 9.59 Å². The number of carboxylic acid groups (broad SMARTS) is 1. The molecule has 0 spiro atoms. The molecule has 1 N–H and O–H groups in total. The van der Waals surface area contributed by atoms with Crippen LogP contribution in [0.1, 0.15) is 32.6 Å². The molecular weight excluding hydrogens is 274 g/mol. The number of carbonyl (C=O) groups is 2. The van der Waals surface area contributed by atoms with Crippen LogP contribution in [0.25, 0.3) is 0 Å². The second-order valence-electron chi connectivity index (χ2n) is 4.92. The maximum atomic E-state index is 12.3. The maximum absolute atomic E-state index is 12.3. The molecule has 1 saturated heterocycles. The van der Waals surface area contributed by atoms with Crippen LogP contribution in [0.3, 0.4) is 0 Å². The molecule has 1 amide bonds. The lowest BCUT2D eigenvalue weighted by Crippen LogP contribution is -2.51. The van der Waals surface area contributed by atoms with Crippen LogP contribution in [0, 0.1) is 6.92 Å². The van der Waals surface area contributed by atoms with E-state index < -0.39 is 5.97 Å². The predicted octanol–water partition coefficient (Wildman–Crippen LogP) is 0.377. The van der Waals surface area contributed by atoms with Crippen molar-refractivity contribution in [3.63, 3.8) is 0 Å². The second-order valence-corrected chi connectivity index (χ2v) is 4.92. The molecule has 0 atom stereocenters. The largest absolute Gasteiger partial charge is 0.476 e. The minimum absolute atomic E-state index is 0.0430. The van der Waals surface area contributed by atoms with Crippen molar-refractivity contribution in [1.82, 2.24) is 24.9 Å². The van der Waals surface area contributed by atoms with Crippen molar-refractivity contribution >= 4 is 11.9 Å². The smallest absolute Gasteiger partial charge is 0.358 e. The summed E-state index contributed by atoms with van der Waals surface area (Å²) in [5, 5.41) is 16.1. The van der Waals surface area contributed by atoms with E-state index in [2.05, 4.69) is 15.3 Å². The molecule has 3 rings (SSSR count). The molecule has 3 heterocycles. The Morgan fingerprint density at radius 2 is 2.14 bits per heavy atom. The van der Waals surface area contributed by atoms with E-state index in [1.807, 2.05) is 13.0 Å². The van der Waals surface area contributed by atoms with Gasteiger partial charge in [0.15, 0.2) is 5.69 Å².